The summed E-state index contributed by atoms with van der Waals surface area (Å²) >= 11 is 0. The lowest BCUT2D eigenvalue weighted by Gasteiger charge is -2.18. The Hall–Kier alpha value is -3.44. The number of unbranched alkanes of at least 4 members (excludes halogenated alkanes) is 10. The normalized spacial score (nSPS) is 13.3. The van der Waals surface area contributed by atoms with Crippen LogP contribution in [0.5, 0.6) is 0 Å². The molecule has 0 fully saturated rings. The molecular weight excluding hydrogens is 693 g/mol. The third kappa shape index (κ3) is 43.3. The molecule has 1 atom stereocenters. The highest BCUT2D eigenvalue weighted by molar-refractivity contribution is 5.70. The second-order valence-corrected chi connectivity index (χ2v) is 14.2. The van der Waals surface area contributed by atoms with Crippen LogP contribution in [0.4, 0.5) is 0 Å². The average Bonchev–Trinajstić information content (AvgIpc) is 3.20. The van der Waals surface area contributed by atoms with Crippen molar-refractivity contribution in [3.05, 3.63) is 109 Å². The third-order valence-corrected chi connectivity index (χ3v) is 8.82. The molecule has 0 radical (unpaired) electrons. The first-order valence-electron chi connectivity index (χ1n) is 22.4. The van der Waals surface area contributed by atoms with Gasteiger partial charge in [-0.15, -0.1) is 0 Å². The van der Waals surface area contributed by atoms with Gasteiger partial charge in [-0.2, -0.15) is 0 Å². The molecule has 0 aromatic heterocycles. The Bertz CT molecular complexity index is 1150. The Balaban J connectivity index is 4.34. The van der Waals surface area contributed by atoms with Crippen LogP contribution >= 0.6 is 0 Å². The molecule has 0 spiro atoms. The van der Waals surface area contributed by atoms with Gasteiger partial charge in [-0.1, -0.05) is 182 Å². The lowest BCUT2D eigenvalue weighted by Crippen LogP contribution is -2.30. The zero-order valence-electron chi connectivity index (χ0n) is 36.1. The minimum Gasteiger partial charge on any atom is -0.462 e. The van der Waals surface area contributed by atoms with E-state index in [9.17, 15) is 9.59 Å². The Morgan fingerprint density at radius 2 is 0.839 bits per heavy atom. The van der Waals surface area contributed by atoms with Crippen molar-refractivity contribution in [1.82, 2.24) is 0 Å². The minimum atomic E-state index is -0.580. The summed E-state index contributed by atoms with van der Waals surface area (Å²) in [6.45, 7) is 7.41. The molecule has 0 saturated heterocycles. The van der Waals surface area contributed by atoms with Crippen molar-refractivity contribution in [1.29, 1.82) is 0 Å². The molecule has 0 heterocycles. The lowest BCUT2D eigenvalue weighted by atomic mass is 10.1. The number of hydrogen-bond donors (Lipinski definition) is 0. The molecule has 0 aromatic rings. The van der Waals surface area contributed by atoms with Gasteiger partial charge >= 0.3 is 11.9 Å². The first-order valence-corrected chi connectivity index (χ1v) is 22.4. The summed E-state index contributed by atoms with van der Waals surface area (Å²) < 4.78 is 17.1. The molecule has 0 rings (SSSR count). The van der Waals surface area contributed by atoms with E-state index in [2.05, 4.69) is 124 Å². The van der Waals surface area contributed by atoms with Crippen LogP contribution in [0.2, 0.25) is 0 Å². The topological polar surface area (TPSA) is 61.8 Å². The number of allylic oxidation sites excluding steroid dienone is 18. The molecule has 5 nitrogen and oxygen atoms in total. The monoisotopic (exact) mass is 775 g/mol. The maximum Gasteiger partial charge on any atom is 0.306 e. The number of hydrogen-bond acceptors (Lipinski definition) is 5. The van der Waals surface area contributed by atoms with Gasteiger partial charge in [0, 0.05) is 19.4 Å². The number of esters is 2. The molecule has 56 heavy (non-hydrogen) atoms. The van der Waals surface area contributed by atoms with Crippen LogP contribution < -0.4 is 0 Å². The third-order valence-electron chi connectivity index (χ3n) is 8.82. The Labute approximate surface area is 344 Å². The standard InChI is InChI=1S/C51H82O5/c1-4-7-10-13-16-18-20-22-24-25-26-27-28-29-31-33-36-38-41-44-50(52)55-48-49(56-51(53)45-42-39-35-15-12-9-6-3)47-54-46-43-40-37-34-32-30-23-21-19-17-14-11-8-5-2/h7-8,10-11,16-19,22-24,26-27,29-31,36,38,49H,4-6,9,12-15,20-21,25,28,32-35,37,39-48H2,1-3H3/b10-7-,11-8-,18-16-,19-17-,24-22-,27-26-,30-23-,31-29-,38-36-. The van der Waals surface area contributed by atoms with E-state index >= 15 is 0 Å². The van der Waals surface area contributed by atoms with Crippen LogP contribution in [0.1, 0.15) is 175 Å². The van der Waals surface area contributed by atoms with Gasteiger partial charge in [-0.05, 0) is 89.9 Å². The molecule has 0 aliphatic rings. The van der Waals surface area contributed by atoms with E-state index in [1.54, 1.807) is 0 Å². The summed E-state index contributed by atoms with van der Waals surface area (Å²) in [6, 6.07) is 0. The van der Waals surface area contributed by atoms with Crippen LogP contribution in [0.15, 0.2) is 109 Å². The van der Waals surface area contributed by atoms with Gasteiger partial charge in [0.2, 0.25) is 0 Å². The Morgan fingerprint density at radius 3 is 1.36 bits per heavy atom. The molecule has 0 aliphatic heterocycles. The van der Waals surface area contributed by atoms with Crippen LogP contribution in [0.25, 0.3) is 0 Å². The molecule has 0 bridgehead atoms. The van der Waals surface area contributed by atoms with Crippen molar-refractivity contribution in [3.8, 4) is 0 Å². The molecule has 5 heteroatoms. The van der Waals surface area contributed by atoms with E-state index in [1.807, 2.05) is 6.08 Å². The van der Waals surface area contributed by atoms with E-state index in [4.69, 9.17) is 14.2 Å². The van der Waals surface area contributed by atoms with E-state index in [0.29, 0.717) is 25.9 Å². The summed E-state index contributed by atoms with van der Waals surface area (Å²) in [7, 11) is 0. The minimum absolute atomic E-state index is 0.0301. The highest BCUT2D eigenvalue weighted by Crippen LogP contribution is 2.11. The first kappa shape index (κ1) is 52.6. The molecule has 0 aromatic carbocycles. The number of carbonyl (C=O) groups excluding carboxylic acids is 2. The van der Waals surface area contributed by atoms with Crippen LogP contribution in [-0.2, 0) is 23.8 Å². The second kappa shape index (κ2) is 45.9. The maximum atomic E-state index is 12.6. The fraction of sp³-hybridized carbons (Fsp3) is 0.608. The highest BCUT2D eigenvalue weighted by Gasteiger charge is 2.17. The van der Waals surface area contributed by atoms with Gasteiger partial charge in [0.1, 0.15) is 6.61 Å². The van der Waals surface area contributed by atoms with Gasteiger partial charge < -0.3 is 14.2 Å². The first-order chi connectivity index (χ1) is 27.6. The average molecular weight is 775 g/mol. The van der Waals surface area contributed by atoms with Crippen molar-refractivity contribution < 1.29 is 23.8 Å². The summed E-state index contributed by atoms with van der Waals surface area (Å²) in [4.78, 5) is 25.1. The van der Waals surface area contributed by atoms with Crippen molar-refractivity contribution in [3.63, 3.8) is 0 Å². The molecule has 1 unspecified atom stereocenters. The fourth-order valence-corrected chi connectivity index (χ4v) is 5.55. The fourth-order valence-electron chi connectivity index (χ4n) is 5.55. The lowest BCUT2D eigenvalue weighted by molar-refractivity contribution is -0.162. The number of carbonyl (C=O) groups is 2. The summed E-state index contributed by atoms with van der Waals surface area (Å²) in [5.41, 5.74) is 0. The molecular formula is C51H82O5. The van der Waals surface area contributed by atoms with E-state index in [-0.39, 0.29) is 25.2 Å². The van der Waals surface area contributed by atoms with Gasteiger partial charge in [0.25, 0.3) is 0 Å². The number of rotatable bonds is 39. The van der Waals surface area contributed by atoms with Crippen LogP contribution in [0.3, 0.4) is 0 Å². The molecule has 0 N–H and O–H groups in total. The van der Waals surface area contributed by atoms with Gasteiger partial charge in [-0.3, -0.25) is 9.59 Å². The van der Waals surface area contributed by atoms with Crippen molar-refractivity contribution in [2.24, 2.45) is 0 Å². The maximum absolute atomic E-state index is 12.6. The van der Waals surface area contributed by atoms with Gasteiger partial charge in [0.05, 0.1) is 6.61 Å². The summed E-state index contributed by atoms with van der Waals surface area (Å²) in [5, 5.41) is 0. The number of ether oxygens (including phenoxy) is 3. The smallest absolute Gasteiger partial charge is 0.306 e. The second-order valence-electron chi connectivity index (χ2n) is 14.2. The quantitative estimate of drug-likeness (QED) is 0.0354. The van der Waals surface area contributed by atoms with Crippen molar-refractivity contribution in [2.75, 3.05) is 19.8 Å². The zero-order valence-corrected chi connectivity index (χ0v) is 36.1. The highest BCUT2D eigenvalue weighted by atomic mass is 16.6. The SMILES string of the molecule is CC/C=C\C/C=C\C/C=C\C/C=C\C/C=C\C/C=C\CCC(=O)OCC(COCCCCCC/C=C\C/C=C\C/C=C\CC)OC(=O)CCCCCCCCC. The van der Waals surface area contributed by atoms with E-state index in [1.165, 1.54) is 32.1 Å². The zero-order chi connectivity index (χ0) is 40.7. The Kier molecular flexibility index (Phi) is 43.1. The Morgan fingerprint density at radius 1 is 0.411 bits per heavy atom. The summed E-state index contributed by atoms with van der Waals surface area (Å²) in [6.07, 6.45) is 62.5. The van der Waals surface area contributed by atoms with Crippen LogP contribution in [0, 0.1) is 0 Å². The van der Waals surface area contributed by atoms with Gasteiger partial charge in [-0.25, -0.2) is 0 Å². The van der Waals surface area contributed by atoms with E-state index < -0.39 is 6.10 Å². The van der Waals surface area contributed by atoms with Crippen molar-refractivity contribution in [2.45, 2.75) is 181 Å². The van der Waals surface area contributed by atoms with Crippen molar-refractivity contribution >= 4 is 11.9 Å². The van der Waals surface area contributed by atoms with E-state index in [0.717, 1.165) is 103 Å². The predicted molar refractivity (Wildman–Crippen MR) is 242 cm³/mol. The largest absolute Gasteiger partial charge is 0.462 e. The summed E-state index contributed by atoms with van der Waals surface area (Å²) in [5.74, 6) is -0.523. The molecule has 316 valence electrons. The molecule has 0 saturated carbocycles. The molecule has 0 aliphatic carbocycles. The van der Waals surface area contributed by atoms with Gasteiger partial charge in [0.15, 0.2) is 6.10 Å². The predicted octanol–water partition coefficient (Wildman–Crippen LogP) is 14.9. The van der Waals surface area contributed by atoms with Crippen LogP contribution in [-0.4, -0.2) is 37.9 Å². The molecule has 0 amide bonds.